The van der Waals surface area contributed by atoms with Crippen LogP contribution in [0.15, 0.2) is 12.3 Å². The monoisotopic (exact) mass is 263 g/mol. The summed E-state index contributed by atoms with van der Waals surface area (Å²) in [7, 11) is 0. The maximum atomic E-state index is 5.74. The Labute approximate surface area is 94.5 Å². The molecule has 1 rings (SSSR count). The summed E-state index contributed by atoms with van der Waals surface area (Å²) in [5.74, 6) is 0. The third-order valence-electron chi connectivity index (χ3n) is 1.13. The molecular weight excluding hydrogens is 263 g/mol. The molecule has 6 heteroatoms. The van der Waals surface area contributed by atoms with Crippen molar-refractivity contribution in [1.82, 2.24) is 4.98 Å². The third-order valence-corrected chi connectivity index (χ3v) is 2.26. The van der Waals surface area contributed by atoms with Crippen molar-refractivity contribution < 1.29 is 0 Å². The molecule has 0 atom stereocenters. The van der Waals surface area contributed by atoms with E-state index in [1.165, 1.54) is 12.3 Å². The Bertz CT molecular complexity index is 292. The zero-order valence-corrected chi connectivity index (χ0v) is 9.27. The summed E-state index contributed by atoms with van der Waals surface area (Å²) in [4.78, 5) is 3.73. The van der Waals surface area contributed by atoms with Gasteiger partial charge in [0.1, 0.15) is 5.15 Å². The first kappa shape index (κ1) is 10.7. The fraction of sp³-hybridized carbons (Fsp3) is 0.167. The molecule has 0 N–H and O–H groups in total. The van der Waals surface area contributed by atoms with Gasteiger partial charge in [-0.3, -0.25) is 0 Å². The van der Waals surface area contributed by atoms with Crippen LogP contribution >= 0.6 is 58.0 Å². The Morgan fingerprint density at radius 1 is 1.17 bits per heavy atom. The predicted molar refractivity (Wildman–Crippen MR) is 53.5 cm³/mol. The van der Waals surface area contributed by atoms with Crippen molar-refractivity contribution in [2.75, 3.05) is 0 Å². The molecule has 0 fully saturated rings. The molecule has 0 saturated heterocycles. The second-order valence-electron chi connectivity index (χ2n) is 1.98. The smallest absolute Gasteiger partial charge is 0.218 e. The van der Waals surface area contributed by atoms with E-state index in [1.54, 1.807) is 0 Å². The average Bonchev–Trinajstić information content (AvgIpc) is 1.83. The standard InChI is InChI=1S/C6H2Cl5N/c7-4-1-5(8)12-2-3(4)6(9,10)11/h1-2H. The highest BCUT2D eigenvalue weighted by atomic mass is 35.6. The van der Waals surface area contributed by atoms with Crippen LogP contribution in [-0.4, -0.2) is 4.98 Å². The Kier molecular flexibility index (Phi) is 3.35. The van der Waals surface area contributed by atoms with E-state index in [0.29, 0.717) is 5.56 Å². The van der Waals surface area contributed by atoms with Crippen molar-refractivity contribution in [3.8, 4) is 0 Å². The molecule has 0 aromatic carbocycles. The van der Waals surface area contributed by atoms with Gasteiger partial charge in [0.2, 0.25) is 3.79 Å². The van der Waals surface area contributed by atoms with Gasteiger partial charge in [-0.05, 0) is 6.07 Å². The molecule has 0 unspecified atom stereocenters. The van der Waals surface area contributed by atoms with E-state index in [1.807, 2.05) is 0 Å². The van der Waals surface area contributed by atoms with Gasteiger partial charge in [0.05, 0.1) is 5.02 Å². The lowest BCUT2D eigenvalue weighted by atomic mass is 10.3. The minimum Gasteiger partial charge on any atom is -0.244 e. The molecule has 66 valence electrons. The van der Waals surface area contributed by atoms with Gasteiger partial charge >= 0.3 is 0 Å². The van der Waals surface area contributed by atoms with E-state index < -0.39 is 3.79 Å². The summed E-state index contributed by atoms with van der Waals surface area (Å²) in [6.45, 7) is 0. The van der Waals surface area contributed by atoms with Gasteiger partial charge in [0.25, 0.3) is 0 Å². The van der Waals surface area contributed by atoms with Crippen molar-refractivity contribution in [3.63, 3.8) is 0 Å². The van der Waals surface area contributed by atoms with Crippen molar-refractivity contribution in [1.29, 1.82) is 0 Å². The quantitative estimate of drug-likeness (QED) is 0.505. The van der Waals surface area contributed by atoms with Crippen molar-refractivity contribution in [2.24, 2.45) is 0 Å². The highest BCUT2D eigenvalue weighted by Crippen LogP contribution is 2.41. The van der Waals surface area contributed by atoms with Gasteiger partial charge in [-0.25, -0.2) is 4.98 Å². The van der Waals surface area contributed by atoms with Gasteiger partial charge in [-0.2, -0.15) is 0 Å². The van der Waals surface area contributed by atoms with E-state index in [2.05, 4.69) is 4.98 Å². The molecule has 1 heterocycles. The Balaban J connectivity index is 3.19. The Morgan fingerprint density at radius 3 is 2.17 bits per heavy atom. The number of rotatable bonds is 0. The number of hydrogen-bond acceptors (Lipinski definition) is 1. The van der Waals surface area contributed by atoms with Crippen LogP contribution in [0.5, 0.6) is 0 Å². The molecule has 0 saturated carbocycles. The molecule has 1 aromatic rings. The molecule has 0 spiro atoms. The van der Waals surface area contributed by atoms with Crippen LogP contribution in [0, 0.1) is 0 Å². The number of alkyl halides is 3. The minimum atomic E-state index is -1.56. The minimum absolute atomic E-state index is 0.262. The van der Waals surface area contributed by atoms with Crippen LogP contribution < -0.4 is 0 Å². The maximum Gasteiger partial charge on any atom is 0.218 e. The number of pyridine rings is 1. The molecule has 0 bridgehead atoms. The molecule has 0 aliphatic heterocycles. The van der Waals surface area contributed by atoms with E-state index in [-0.39, 0.29) is 10.2 Å². The summed E-state index contributed by atoms with van der Waals surface area (Å²) in [6, 6.07) is 1.42. The molecule has 0 radical (unpaired) electrons. The summed E-state index contributed by atoms with van der Waals surface area (Å²) >= 11 is 28.0. The molecule has 12 heavy (non-hydrogen) atoms. The van der Waals surface area contributed by atoms with Gasteiger partial charge in [0, 0.05) is 11.8 Å². The van der Waals surface area contributed by atoms with E-state index in [4.69, 9.17) is 58.0 Å². The third kappa shape index (κ3) is 2.54. The zero-order valence-electron chi connectivity index (χ0n) is 5.49. The molecule has 1 aromatic heterocycles. The zero-order chi connectivity index (χ0) is 9.35. The highest BCUT2D eigenvalue weighted by Gasteiger charge is 2.26. The lowest BCUT2D eigenvalue weighted by molar-refractivity contribution is 1.17. The predicted octanol–water partition coefficient (Wildman–Crippen LogP) is 4.22. The van der Waals surface area contributed by atoms with Crippen LogP contribution in [0.3, 0.4) is 0 Å². The Morgan fingerprint density at radius 2 is 1.75 bits per heavy atom. The Hall–Kier alpha value is 0.600. The first-order chi connectivity index (χ1) is 5.41. The topological polar surface area (TPSA) is 12.9 Å². The van der Waals surface area contributed by atoms with E-state index in [9.17, 15) is 0 Å². The molecular formula is C6H2Cl5N. The number of halogens is 5. The average molecular weight is 265 g/mol. The molecule has 0 amide bonds. The summed E-state index contributed by atoms with van der Waals surface area (Å²) < 4.78 is -1.56. The number of aromatic nitrogens is 1. The highest BCUT2D eigenvalue weighted by molar-refractivity contribution is 6.67. The fourth-order valence-corrected chi connectivity index (χ4v) is 1.72. The van der Waals surface area contributed by atoms with Gasteiger partial charge < -0.3 is 0 Å². The van der Waals surface area contributed by atoms with Crippen molar-refractivity contribution >= 4 is 58.0 Å². The summed E-state index contributed by atoms with van der Waals surface area (Å²) in [5.41, 5.74) is 0.318. The van der Waals surface area contributed by atoms with Crippen molar-refractivity contribution in [3.05, 3.63) is 28.0 Å². The lowest BCUT2D eigenvalue weighted by Crippen LogP contribution is -2.01. The number of nitrogens with zero attached hydrogens (tertiary/aromatic N) is 1. The van der Waals surface area contributed by atoms with Crippen LogP contribution in [-0.2, 0) is 3.79 Å². The van der Waals surface area contributed by atoms with Crippen LogP contribution in [0.25, 0.3) is 0 Å². The van der Waals surface area contributed by atoms with E-state index in [0.717, 1.165) is 0 Å². The van der Waals surface area contributed by atoms with Crippen LogP contribution in [0.2, 0.25) is 10.2 Å². The van der Waals surface area contributed by atoms with Gasteiger partial charge in [0.15, 0.2) is 0 Å². The second-order valence-corrected chi connectivity index (χ2v) is 5.06. The fourth-order valence-electron chi connectivity index (χ4n) is 0.616. The number of hydrogen-bond donors (Lipinski definition) is 0. The SMILES string of the molecule is Clc1cc(Cl)c(C(Cl)(Cl)Cl)cn1. The first-order valence-electron chi connectivity index (χ1n) is 2.79. The normalized spacial score (nSPS) is 11.8. The lowest BCUT2D eigenvalue weighted by Gasteiger charge is -2.11. The van der Waals surface area contributed by atoms with Gasteiger partial charge in [-0.1, -0.05) is 58.0 Å². The largest absolute Gasteiger partial charge is 0.244 e. The summed E-state index contributed by atoms with van der Waals surface area (Å²) in [5, 5.41) is 0.549. The second kappa shape index (κ2) is 3.77. The van der Waals surface area contributed by atoms with Crippen LogP contribution in [0.4, 0.5) is 0 Å². The molecule has 0 aliphatic carbocycles. The van der Waals surface area contributed by atoms with Gasteiger partial charge in [-0.15, -0.1) is 0 Å². The summed E-state index contributed by atoms with van der Waals surface area (Å²) in [6.07, 6.45) is 1.33. The van der Waals surface area contributed by atoms with Crippen LogP contribution in [0.1, 0.15) is 5.56 Å². The molecule has 0 aliphatic rings. The van der Waals surface area contributed by atoms with Crippen molar-refractivity contribution in [2.45, 2.75) is 3.79 Å². The maximum absolute atomic E-state index is 5.74. The van der Waals surface area contributed by atoms with E-state index >= 15 is 0 Å². The molecule has 1 nitrogen and oxygen atoms in total. The first-order valence-corrected chi connectivity index (χ1v) is 4.68.